The van der Waals surface area contributed by atoms with Crippen molar-refractivity contribution in [2.75, 3.05) is 171 Å². The van der Waals surface area contributed by atoms with Crippen LogP contribution in [0, 0.1) is 0 Å². The van der Waals surface area contributed by atoms with Crippen LogP contribution in [0.25, 0.3) is 0 Å². The van der Waals surface area contributed by atoms with Crippen molar-refractivity contribution in [3.05, 3.63) is 70.8 Å². The highest BCUT2D eigenvalue weighted by atomic mass is 15.3. The van der Waals surface area contributed by atoms with Crippen LogP contribution in [0.3, 0.4) is 0 Å². The summed E-state index contributed by atoms with van der Waals surface area (Å²) in [5, 5.41) is 0. The second-order valence-electron chi connectivity index (χ2n) is 16.7. The summed E-state index contributed by atoms with van der Waals surface area (Å²) in [6.07, 6.45) is 0. The Morgan fingerprint density at radius 2 is 0.385 bits per heavy atom. The van der Waals surface area contributed by atoms with Crippen LogP contribution in [0.15, 0.2) is 48.5 Å². The Bertz CT molecular complexity index is 1090. The Balaban J connectivity index is 0.890. The molecule has 0 unspecified atom stereocenters. The smallest absolute Gasteiger partial charge is 0.0234 e. The SMILES string of the molecule is CN1CCN2CCN(CC2)Cc2ccc(cc2)CN2CCN(CCN(C)CCN3CCN(CC3)Cc3ccc(cc3)CN3CCN(CC1)CC3)CC2. The lowest BCUT2D eigenvalue weighted by atomic mass is 10.1. The maximum atomic E-state index is 2.68. The van der Waals surface area contributed by atoms with E-state index in [1.807, 2.05) is 0 Å². The van der Waals surface area contributed by atoms with Gasteiger partial charge in [-0.05, 0) is 36.3 Å². The third-order valence-electron chi connectivity index (χ3n) is 12.7. The lowest BCUT2D eigenvalue weighted by Gasteiger charge is -2.37. The van der Waals surface area contributed by atoms with Crippen molar-refractivity contribution in [1.82, 2.24) is 49.0 Å². The fourth-order valence-corrected chi connectivity index (χ4v) is 8.69. The van der Waals surface area contributed by atoms with Gasteiger partial charge in [0.15, 0.2) is 0 Å². The molecular formula is C42H70N10. The molecule has 14 aliphatic heterocycles. The van der Waals surface area contributed by atoms with Crippen molar-refractivity contribution in [3.63, 3.8) is 0 Å². The Hall–Kier alpha value is -1.96. The zero-order valence-corrected chi connectivity index (χ0v) is 32.9. The van der Waals surface area contributed by atoms with Crippen LogP contribution in [0.2, 0.25) is 0 Å². The Morgan fingerprint density at radius 1 is 0.231 bits per heavy atom. The minimum absolute atomic E-state index is 1.08. The molecule has 10 heteroatoms. The summed E-state index contributed by atoms with van der Waals surface area (Å²) in [7, 11) is 4.64. The highest BCUT2D eigenvalue weighted by molar-refractivity contribution is 5.23. The topological polar surface area (TPSA) is 32.4 Å². The van der Waals surface area contributed by atoms with E-state index in [9.17, 15) is 0 Å². The van der Waals surface area contributed by atoms with Crippen LogP contribution in [-0.2, 0) is 26.2 Å². The van der Waals surface area contributed by atoms with E-state index in [1.165, 1.54) is 179 Å². The molecule has 0 spiro atoms. The first kappa shape index (κ1) is 38.3. The molecule has 12 bridgehead atoms. The molecule has 4 fully saturated rings. The van der Waals surface area contributed by atoms with Gasteiger partial charge in [0, 0.05) is 183 Å². The predicted molar refractivity (Wildman–Crippen MR) is 215 cm³/mol. The van der Waals surface area contributed by atoms with Gasteiger partial charge in [0.1, 0.15) is 0 Å². The third kappa shape index (κ3) is 12.0. The van der Waals surface area contributed by atoms with Gasteiger partial charge in [-0.1, -0.05) is 48.5 Å². The molecule has 0 aromatic heterocycles. The van der Waals surface area contributed by atoms with Gasteiger partial charge in [0.2, 0.25) is 0 Å². The normalized spacial score (nSPS) is 34.3. The lowest BCUT2D eigenvalue weighted by Crippen LogP contribution is -2.49. The van der Waals surface area contributed by atoms with E-state index < -0.39 is 0 Å². The van der Waals surface area contributed by atoms with Gasteiger partial charge >= 0.3 is 0 Å². The molecule has 0 radical (unpaired) electrons. The number of nitrogens with zero attached hydrogens (tertiary/aromatic N) is 10. The zero-order valence-electron chi connectivity index (χ0n) is 32.9. The van der Waals surface area contributed by atoms with Crippen LogP contribution >= 0.6 is 0 Å². The predicted octanol–water partition coefficient (Wildman–Crippen LogP) is 1.73. The highest BCUT2D eigenvalue weighted by Crippen LogP contribution is 2.15. The molecule has 0 N–H and O–H groups in total. The Morgan fingerprint density at radius 3 is 0.577 bits per heavy atom. The van der Waals surface area contributed by atoms with Gasteiger partial charge in [0.25, 0.3) is 0 Å². The first-order valence-corrected chi connectivity index (χ1v) is 20.8. The molecule has 14 heterocycles. The molecular weight excluding hydrogens is 645 g/mol. The minimum atomic E-state index is 1.08. The maximum Gasteiger partial charge on any atom is 0.0234 e. The fourth-order valence-electron chi connectivity index (χ4n) is 8.69. The molecule has 0 aliphatic carbocycles. The number of hydrogen-bond donors (Lipinski definition) is 0. The van der Waals surface area contributed by atoms with Gasteiger partial charge in [-0.2, -0.15) is 0 Å². The van der Waals surface area contributed by atoms with Crippen molar-refractivity contribution < 1.29 is 0 Å². The van der Waals surface area contributed by atoms with Crippen molar-refractivity contribution in [1.29, 1.82) is 0 Å². The summed E-state index contributed by atoms with van der Waals surface area (Å²) in [6.45, 7) is 32.7. The third-order valence-corrected chi connectivity index (χ3v) is 12.7. The second kappa shape index (κ2) is 19.6. The van der Waals surface area contributed by atoms with E-state index in [0.29, 0.717) is 0 Å². The molecule has 4 saturated heterocycles. The van der Waals surface area contributed by atoms with Crippen LogP contribution in [0.5, 0.6) is 0 Å². The van der Waals surface area contributed by atoms with E-state index in [0.717, 1.165) is 26.2 Å². The Kier molecular flexibility index (Phi) is 14.4. The summed E-state index contributed by atoms with van der Waals surface area (Å²) >= 11 is 0. The number of piperazine rings is 4. The van der Waals surface area contributed by atoms with E-state index >= 15 is 0 Å². The van der Waals surface area contributed by atoms with E-state index in [2.05, 4.69) is 112 Å². The van der Waals surface area contributed by atoms with Crippen molar-refractivity contribution in [3.8, 4) is 0 Å². The molecule has 0 saturated carbocycles. The largest absolute Gasteiger partial charge is 0.304 e. The van der Waals surface area contributed by atoms with Gasteiger partial charge in [-0.25, -0.2) is 0 Å². The van der Waals surface area contributed by atoms with E-state index in [1.54, 1.807) is 0 Å². The van der Waals surface area contributed by atoms with Crippen molar-refractivity contribution in [2.45, 2.75) is 26.2 Å². The van der Waals surface area contributed by atoms with Crippen molar-refractivity contribution >= 4 is 0 Å². The molecule has 2 aromatic rings. The van der Waals surface area contributed by atoms with Crippen LogP contribution in [-0.4, -0.2) is 220 Å². The molecule has 16 rings (SSSR count). The first-order valence-electron chi connectivity index (χ1n) is 20.8. The van der Waals surface area contributed by atoms with E-state index in [4.69, 9.17) is 0 Å². The van der Waals surface area contributed by atoms with Gasteiger partial charge in [0.05, 0.1) is 0 Å². The molecule has 10 nitrogen and oxygen atoms in total. The number of likely N-dealkylation sites (N-methyl/N-ethyl adjacent to an activating group) is 2. The molecule has 0 atom stereocenters. The summed E-state index contributed by atoms with van der Waals surface area (Å²) in [5.74, 6) is 0. The highest BCUT2D eigenvalue weighted by Gasteiger charge is 2.22. The average Bonchev–Trinajstić information content (AvgIpc) is 3.18. The summed E-state index contributed by atoms with van der Waals surface area (Å²) in [5.41, 5.74) is 5.84. The molecule has 2 aromatic carbocycles. The standard InChI is InChI=1S/C42H70N10/c1-43-11-15-45-19-27-49(28-20-45)35-39-3-7-41(8-4-39)37-51-31-23-47(24-32-51)17-13-44(2)14-18-48-25-33-52(34-26-48)38-42-9-5-40(6-10-42)36-50-29-21-46(16-12-43)22-30-50/h3-10H,11-38H2,1-2H3. The van der Waals surface area contributed by atoms with Gasteiger partial charge in [-0.15, -0.1) is 0 Å². The number of hydrogen-bond acceptors (Lipinski definition) is 10. The van der Waals surface area contributed by atoms with Crippen LogP contribution in [0.1, 0.15) is 22.3 Å². The number of rotatable bonds is 0. The lowest BCUT2D eigenvalue weighted by molar-refractivity contribution is 0.104. The molecule has 52 heavy (non-hydrogen) atoms. The summed E-state index contributed by atoms with van der Waals surface area (Å²) < 4.78 is 0. The first-order chi connectivity index (χ1) is 25.5. The minimum Gasteiger partial charge on any atom is -0.304 e. The van der Waals surface area contributed by atoms with Gasteiger partial charge in [-0.3, -0.25) is 39.2 Å². The summed E-state index contributed by atoms with van der Waals surface area (Å²) in [6, 6.07) is 19.1. The zero-order chi connectivity index (χ0) is 35.5. The molecule has 288 valence electrons. The monoisotopic (exact) mass is 715 g/mol. The van der Waals surface area contributed by atoms with Crippen LogP contribution in [0.4, 0.5) is 0 Å². The fraction of sp³-hybridized carbons (Fsp3) is 0.714. The second-order valence-corrected chi connectivity index (χ2v) is 16.7. The van der Waals surface area contributed by atoms with Crippen molar-refractivity contribution in [2.24, 2.45) is 0 Å². The van der Waals surface area contributed by atoms with E-state index in [-0.39, 0.29) is 0 Å². The van der Waals surface area contributed by atoms with Gasteiger partial charge < -0.3 is 9.80 Å². The maximum absolute atomic E-state index is 2.68. The number of benzene rings is 2. The summed E-state index contributed by atoms with van der Waals surface area (Å²) in [4.78, 5) is 26.4. The average molecular weight is 715 g/mol. The molecule has 14 aliphatic rings. The van der Waals surface area contributed by atoms with Crippen LogP contribution < -0.4 is 0 Å². The Labute approximate surface area is 316 Å². The molecule has 0 amide bonds. The quantitative estimate of drug-likeness (QED) is 0.403.